The van der Waals surface area contributed by atoms with Gasteiger partial charge in [-0.05, 0) is 30.7 Å². The van der Waals surface area contributed by atoms with Crippen LogP contribution >= 0.6 is 0 Å². The molecule has 1 aliphatic rings. The monoisotopic (exact) mass is 344 g/mol. The van der Waals surface area contributed by atoms with Crippen LogP contribution < -0.4 is 9.47 Å². The molecule has 128 valence electrons. The summed E-state index contributed by atoms with van der Waals surface area (Å²) < 4.78 is 13.2. The summed E-state index contributed by atoms with van der Waals surface area (Å²) >= 11 is 0. The first-order valence-corrected chi connectivity index (χ1v) is 8.21. The van der Waals surface area contributed by atoms with E-state index in [9.17, 15) is 4.79 Å². The van der Waals surface area contributed by atoms with Gasteiger partial charge in [0.1, 0.15) is 17.6 Å². The predicted octanol–water partition coefficient (Wildman–Crippen LogP) is 4.01. The van der Waals surface area contributed by atoms with Gasteiger partial charge in [-0.1, -0.05) is 18.2 Å². The van der Waals surface area contributed by atoms with Crippen LogP contribution in [0.3, 0.4) is 0 Å². The molecule has 0 radical (unpaired) electrons. The maximum atomic E-state index is 12.8. The van der Waals surface area contributed by atoms with E-state index in [1.54, 1.807) is 18.2 Å². The maximum absolute atomic E-state index is 12.8. The number of nitriles is 1. The van der Waals surface area contributed by atoms with Crippen LogP contribution in [0.4, 0.5) is 0 Å². The molecule has 2 heterocycles. The molecule has 26 heavy (non-hydrogen) atoms. The zero-order valence-electron chi connectivity index (χ0n) is 14.4. The number of aryl methyl sites for hydroxylation is 2. The Bertz CT molecular complexity index is 1120. The Kier molecular flexibility index (Phi) is 3.74. The molecule has 0 bridgehead atoms. The summed E-state index contributed by atoms with van der Waals surface area (Å²) in [5.41, 5.74) is 3.33. The van der Waals surface area contributed by atoms with Crippen LogP contribution in [0.1, 0.15) is 21.5 Å². The first-order chi connectivity index (χ1) is 12.6. The number of carbonyl (C=O) groups excluding carboxylic acids is 1. The Morgan fingerprint density at radius 2 is 2.12 bits per heavy atom. The molecule has 0 atom stereocenters. The predicted molar refractivity (Wildman–Crippen MR) is 98.1 cm³/mol. The smallest absolute Gasteiger partial charge is 0.232 e. The molecule has 0 N–H and O–H groups in total. The lowest BCUT2D eigenvalue weighted by atomic mass is 10.0. The summed E-state index contributed by atoms with van der Waals surface area (Å²) in [6, 6.07) is 13.3. The van der Waals surface area contributed by atoms with Crippen molar-refractivity contribution in [2.45, 2.75) is 6.92 Å². The first-order valence-electron chi connectivity index (χ1n) is 8.21. The van der Waals surface area contributed by atoms with Crippen LogP contribution in [0, 0.1) is 18.3 Å². The van der Waals surface area contributed by atoms with Crippen molar-refractivity contribution in [3.05, 3.63) is 65.0 Å². The number of carbonyl (C=O) groups is 1. The molecule has 0 fully saturated rings. The fourth-order valence-electron chi connectivity index (χ4n) is 3.31. The molecular weight excluding hydrogens is 328 g/mol. The molecule has 5 heteroatoms. The normalized spacial score (nSPS) is 14.3. The second kappa shape index (κ2) is 6.08. The molecule has 4 rings (SSSR count). The standard InChI is InChI=1S/C21H16N2O3/c1-13-9-15(25-8-7-22)11-18-20(13)21(24)19(26-18)10-14-12-23(2)17-6-4-3-5-16(14)17/h3-6,9-12H,8H2,1-2H3/b19-10-. The van der Waals surface area contributed by atoms with E-state index in [1.807, 2.05) is 55.1 Å². The van der Waals surface area contributed by atoms with Gasteiger partial charge >= 0.3 is 0 Å². The van der Waals surface area contributed by atoms with Gasteiger partial charge in [-0.15, -0.1) is 0 Å². The van der Waals surface area contributed by atoms with Gasteiger partial charge in [0.15, 0.2) is 12.4 Å². The number of allylic oxidation sites excluding steroid dienone is 1. The second-order valence-corrected chi connectivity index (χ2v) is 6.21. The van der Waals surface area contributed by atoms with E-state index in [4.69, 9.17) is 14.7 Å². The molecule has 0 amide bonds. The third-order valence-electron chi connectivity index (χ3n) is 4.46. The third-order valence-corrected chi connectivity index (χ3v) is 4.46. The van der Waals surface area contributed by atoms with E-state index in [0.717, 1.165) is 22.0 Å². The summed E-state index contributed by atoms with van der Waals surface area (Å²) in [6.45, 7) is 1.78. The van der Waals surface area contributed by atoms with Crippen LogP contribution in [0.25, 0.3) is 17.0 Å². The van der Waals surface area contributed by atoms with E-state index in [1.165, 1.54) is 0 Å². The average molecular weight is 344 g/mol. The highest BCUT2D eigenvalue weighted by Crippen LogP contribution is 2.38. The van der Waals surface area contributed by atoms with Crippen molar-refractivity contribution < 1.29 is 14.3 Å². The molecule has 0 saturated carbocycles. The minimum absolute atomic E-state index is 0.0507. The number of ether oxygens (including phenoxy) is 2. The van der Waals surface area contributed by atoms with Crippen LogP contribution in [0.5, 0.6) is 11.5 Å². The Labute approximate surface area is 150 Å². The number of aromatic nitrogens is 1. The van der Waals surface area contributed by atoms with Crippen molar-refractivity contribution in [3.63, 3.8) is 0 Å². The fraction of sp³-hybridized carbons (Fsp3) is 0.143. The van der Waals surface area contributed by atoms with Crippen LogP contribution in [0.15, 0.2) is 48.4 Å². The molecule has 0 spiro atoms. The molecule has 0 unspecified atom stereocenters. The summed E-state index contributed by atoms with van der Waals surface area (Å²) in [5.74, 6) is 1.13. The summed E-state index contributed by atoms with van der Waals surface area (Å²) in [4.78, 5) is 12.8. The van der Waals surface area contributed by atoms with Crippen molar-refractivity contribution in [1.29, 1.82) is 5.26 Å². The average Bonchev–Trinajstić information content (AvgIpc) is 3.11. The highest BCUT2D eigenvalue weighted by molar-refractivity contribution is 6.16. The van der Waals surface area contributed by atoms with E-state index in [0.29, 0.717) is 17.1 Å². The van der Waals surface area contributed by atoms with Gasteiger partial charge in [-0.25, -0.2) is 0 Å². The molecule has 1 aromatic heterocycles. The largest absolute Gasteiger partial charge is 0.479 e. The van der Waals surface area contributed by atoms with Gasteiger partial charge < -0.3 is 14.0 Å². The molecule has 1 aliphatic heterocycles. The Morgan fingerprint density at radius 3 is 2.92 bits per heavy atom. The summed E-state index contributed by atoms with van der Waals surface area (Å²) in [6.07, 6.45) is 3.76. The number of rotatable bonds is 3. The Morgan fingerprint density at radius 1 is 1.31 bits per heavy atom. The molecular formula is C21H16N2O3. The molecule has 0 aliphatic carbocycles. The fourth-order valence-corrected chi connectivity index (χ4v) is 3.31. The van der Waals surface area contributed by atoms with Gasteiger partial charge in [0.05, 0.1) is 5.56 Å². The lowest BCUT2D eigenvalue weighted by Gasteiger charge is -2.05. The number of para-hydroxylation sites is 1. The lowest BCUT2D eigenvalue weighted by Crippen LogP contribution is -2.00. The van der Waals surface area contributed by atoms with E-state index < -0.39 is 0 Å². The summed E-state index contributed by atoms with van der Waals surface area (Å²) in [5, 5.41) is 9.72. The lowest BCUT2D eigenvalue weighted by molar-refractivity contribution is 0.101. The van der Waals surface area contributed by atoms with E-state index in [-0.39, 0.29) is 18.1 Å². The molecule has 3 aromatic rings. The first kappa shape index (κ1) is 16.0. The highest BCUT2D eigenvalue weighted by Gasteiger charge is 2.30. The van der Waals surface area contributed by atoms with Crippen molar-refractivity contribution >= 4 is 22.8 Å². The Balaban J connectivity index is 1.75. The number of nitrogens with zero attached hydrogens (tertiary/aromatic N) is 2. The zero-order valence-corrected chi connectivity index (χ0v) is 14.4. The number of fused-ring (bicyclic) bond motifs is 2. The van der Waals surface area contributed by atoms with E-state index >= 15 is 0 Å². The quantitative estimate of drug-likeness (QED) is 0.674. The maximum Gasteiger partial charge on any atom is 0.232 e. The molecule has 5 nitrogen and oxygen atoms in total. The topological polar surface area (TPSA) is 64.2 Å². The molecule has 0 saturated heterocycles. The van der Waals surface area contributed by atoms with Gasteiger partial charge in [-0.2, -0.15) is 5.26 Å². The Hall–Kier alpha value is -3.52. The SMILES string of the molecule is Cc1cc(OCC#N)cc2c1C(=O)/C(=C/c1cn(C)c3ccccc13)O2. The summed E-state index contributed by atoms with van der Waals surface area (Å²) in [7, 11) is 1.97. The zero-order chi connectivity index (χ0) is 18.3. The van der Waals surface area contributed by atoms with Gasteiger partial charge in [0, 0.05) is 35.8 Å². The second-order valence-electron chi connectivity index (χ2n) is 6.21. The number of hydrogen-bond donors (Lipinski definition) is 0. The van der Waals surface area contributed by atoms with Crippen LogP contribution in [-0.4, -0.2) is 17.0 Å². The van der Waals surface area contributed by atoms with Gasteiger partial charge in [-0.3, -0.25) is 4.79 Å². The van der Waals surface area contributed by atoms with Crippen LogP contribution in [-0.2, 0) is 7.05 Å². The molecule has 2 aromatic carbocycles. The number of Topliss-reactive ketones (excluding diaryl/α,β-unsaturated/α-hetero) is 1. The number of hydrogen-bond acceptors (Lipinski definition) is 4. The minimum Gasteiger partial charge on any atom is -0.479 e. The van der Waals surface area contributed by atoms with Crippen molar-refractivity contribution in [2.75, 3.05) is 6.61 Å². The van der Waals surface area contributed by atoms with E-state index in [2.05, 4.69) is 0 Å². The van der Waals surface area contributed by atoms with Crippen molar-refractivity contribution in [1.82, 2.24) is 4.57 Å². The van der Waals surface area contributed by atoms with Crippen molar-refractivity contribution in [3.8, 4) is 17.6 Å². The van der Waals surface area contributed by atoms with Gasteiger partial charge in [0.2, 0.25) is 5.78 Å². The number of ketones is 1. The van der Waals surface area contributed by atoms with Crippen molar-refractivity contribution in [2.24, 2.45) is 7.05 Å². The minimum atomic E-state index is -0.141. The van der Waals surface area contributed by atoms with Gasteiger partial charge in [0.25, 0.3) is 0 Å². The van der Waals surface area contributed by atoms with Crippen LogP contribution in [0.2, 0.25) is 0 Å². The highest BCUT2D eigenvalue weighted by atomic mass is 16.5. The number of benzene rings is 2. The third kappa shape index (κ3) is 2.52.